The summed E-state index contributed by atoms with van der Waals surface area (Å²) in [4.78, 5) is 2.10. The van der Waals surface area contributed by atoms with Crippen molar-refractivity contribution in [2.45, 2.75) is 11.8 Å². The van der Waals surface area contributed by atoms with Crippen molar-refractivity contribution in [3.8, 4) is 5.75 Å². The second-order valence-corrected chi connectivity index (χ2v) is 8.34. The SMILES string of the molecule is CCNc1ccc(N2CCN(S(=O)(=O)c3cc(Cl)ccc3OC)CC2)nn1. The number of halogens is 1. The smallest absolute Gasteiger partial charge is 0.246 e. The second kappa shape index (κ2) is 8.28. The second-order valence-electron chi connectivity index (χ2n) is 5.99. The zero-order chi connectivity index (χ0) is 19.4. The number of rotatable bonds is 6. The summed E-state index contributed by atoms with van der Waals surface area (Å²) < 4.78 is 32.7. The maximum absolute atomic E-state index is 13.0. The van der Waals surface area contributed by atoms with Gasteiger partial charge in [0.05, 0.1) is 7.11 Å². The summed E-state index contributed by atoms with van der Waals surface area (Å²) in [5.74, 6) is 1.73. The summed E-state index contributed by atoms with van der Waals surface area (Å²) >= 11 is 5.99. The predicted octanol–water partition coefficient (Wildman–Crippen LogP) is 2.08. The highest BCUT2D eigenvalue weighted by molar-refractivity contribution is 7.89. The lowest BCUT2D eigenvalue weighted by Gasteiger charge is -2.34. The van der Waals surface area contributed by atoms with E-state index in [0.29, 0.717) is 31.2 Å². The molecule has 1 fully saturated rings. The molecule has 0 unspecified atom stereocenters. The van der Waals surface area contributed by atoms with Crippen molar-refractivity contribution in [2.24, 2.45) is 0 Å². The summed E-state index contributed by atoms with van der Waals surface area (Å²) in [6, 6.07) is 8.34. The molecule has 2 heterocycles. The molecular formula is C17H22ClN5O3S. The van der Waals surface area contributed by atoms with Gasteiger partial charge in [-0.2, -0.15) is 4.31 Å². The molecule has 1 N–H and O–H groups in total. The molecule has 0 aliphatic carbocycles. The lowest BCUT2D eigenvalue weighted by molar-refractivity contribution is 0.373. The van der Waals surface area contributed by atoms with Crippen LogP contribution in [0.5, 0.6) is 5.75 Å². The van der Waals surface area contributed by atoms with Crippen LogP contribution in [0.4, 0.5) is 11.6 Å². The van der Waals surface area contributed by atoms with Crippen molar-refractivity contribution in [1.29, 1.82) is 0 Å². The average Bonchev–Trinajstić information content (AvgIpc) is 2.69. The molecule has 1 saturated heterocycles. The highest BCUT2D eigenvalue weighted by Crippen LogP contribution is 2.30. The number of anilines is 2. The quantitative estimate of drug-likeness (QED) is 0.778. The normalized spacial score (nSPS) is 15.6. The Morgan fingerprint density at radius 2 is 1.89 bits per heavy atom. The minimum atomic E-state index is -3.70. The predicted molar refractivity (Wildman–Crippen MR) is 105 cm³/mol. The standard InChI is InChI=1S/C17H22ClN5O3S/c1-3-19-16-6-7-17(21-20-16)22-8-10-23(11-9-22)27(24,25)15-12-13(18)4-5-14(15)26-2/h4-7,12H,3,8-11H2,1-2H3,(H,19,20). The van der Waals surface area contributed by atoms with Crippen molar-refractivity contribution in [3.63, 3.8) is 0 Å². The van der Waals surface area contributed by atoms with Gasteiger partial charge in [0.2, 0.25) is 10.0 Å². The highest BCUT2D eigenvalue weighted by Gasteiger charge is 2.31. The van der Waals surface area contributed by atoms with Crippen LogP contribution in [0.3, 0.4) is 0 Å². The third-order valence-corrected chi connectivity index (χ3v) is 6.47. The summed E-state index contributed by atoms with van der Waals surface area (Å²) in [6.45, 7) is 4.50. The van der Waals surface area contributed by atoms with Crippen LogP contribution in [-0.2, 0) is 10.0 Å². The van der Waals surface area contributed by atoms with Crippen LogP contribution in [0.25, 0.3) is 0 Å². The molecule has 0 bridgehead atoms. The van der Waals surface area contributed by atoms with Gasteiger partial charge in [-0.1, -0.05) is 11.6 Å². The number of aromatic nitrogens is 2. The van der Waals surface area contributed by atoms with E-state index in [4.69, 9.17) is 16.3 Å². The van der Waals surface area contributed by atoms with E-state index in [9.17, 15) is 8.42 Å². The molecule has 0 radical (unpaired) electrons. The van der Waals surface area contributed by atoms with Gasteiger partial charge >= 0.3 is 0 Å². The van der Waals surface area contributed by atoms with E-state index in [2.05, 4.69) is 15.5 Å². The van der Waals surface area contributed by atoms with Crippen molar-refractivity contribution < 1.29 is 13.2 Å². The van der Waals surface area contributed by atoms with E-state index >= 15 is 0 Å². The summed E-state index contributed by atoms with van der Waals surface area (Å²) in [6.07, 6.45) is 0. The first-order valence-corrected chi connectivity index (χ1v) is 10.4. The fourth-order valence-electron chi connectivity index (χ4n) is 2.92. The molecule has 27 heavy (non-hydrogen) atoms. The van der Waals surface area contributed by atoms with Gasteiger partial charge in [0.15, 0.2) is 5.82 Å². The van der Waals surface area contributed by atoms with E-state index in [1.54, 1.807) is 12.1 Å². The largest absolute Gasteiger partial charge is 0.495 e. The number of benzene rings is 1. The minimum Gasteiger partial charge on any atom is -0.495 e. The van der Waals surface area contributed by atoms with E-state index < -0.39 is 10.0 Å². The van der Waals surface area contributed by atoms with Crippen LogP contribution >= 0.6 is 11.6 Å². The van der Waals surface area contributed by atoms with Gasteiger partial charge in [0.25, 0.3) is 0 Å². The summed E-state index contributed by atoms with van der Waals surface area (Å²) in [7, 11) is -2.26. The number of hydrogen-bond acceptors (Lipinski definition) is 7. The molecule has 10 heteroatoms. The Morgan fingerprint density at radius 3 is 2.48 bits per heavy atom. The van der Waals surface area contributed by atoms with E-state index in [0.717, 1.165) is 18.2 Å². The van der Waals surface area contributed by atoms with Crippen LogP contribution in [0.1, 0.15) is 6.92 Å². The Balaban J connectivity index is 1.72. The fraction of sp³-hybridized carbons (Fsp3) is 0.412. The highest BCUT2D eigenvalue weighted by atomic mass is 35.5. The first kappa shape index (κ1) is 19.7. The number of sulfonamides is 1. The molecule has 0 atom stereocenters. The molecule has 1 aliphatic rings. The Hall–Kier alpha value is -2.10. The van der Waals surface area contributed by atoms with Crippen molar-refractivity contribution >= 4 is 33.3 Å². The zero-order valence-electron chi connectivity index (χ0n) is 15.2. The van der Waals surface area contributed by atoms with Gasteiger partial charge in [-0.05, 0) is 37.3 Å². The summed E-state index contributed by atoms with van der Waals surface area (Å²) in [5, 5.41) is 11.8. The van der Waals surface area contributed by atoms with Crippen molar-refractivity contribution in [2.75, 3.05) is 50.1 Å². The molecule has 3 rings (SSSR count). The first-order valence-electron chi connectivity index (χ1n) is 8.62. The van der Waals surface area contributed by atoms with Crippen LogP contribution in [-0.4, -0.2) is 62.8 Å². The molecular weight excluding hydrogens is 390 g/mol. The minimum absolute atomic E-state index is 0.0840. The number of methoxy groups -OCH3 is 1. The molecule has 8 nitrogen and oxygen atoms in total. The Labute approximate surface area is 164 Å². The molecule has 0 spiro atoms. The molecule has 0 amide bonds. The molecule has 0 saturated carbocycles. The third-order valence-electron chi connectivity index (χ3n) is 4.31. The zero-order valence-corrected chi connectivity index (χ0v) is 16.8. The van der Waals surface area contributed by atoms with Crippen LogP contribution < -0.4 is 15.0 Å². The van der Waals surface area contributed by atoms with Gasteiger partial charge in [-0.3, -0.25) is 0 Å². The maximum atomic E-state index is 13.0. The molecule has 1 aromatic carbocycles. The van der Waals surface area contributed by atoms with E-state index in [-0.39, 0.29) is 10.6 Å². The summed E-state index contributed by atoms with van der Waals surface area (Å²) in [5.41, 5.74) is 0. The number of nitrogens with one attached hydrogen (secondary N) is 1. The lowest BCUT2D eigenvalue weighted by atomic mass is 10.3. The topological polar surface area (TPSA) is 87.7 Å². The van der Waals surface area contributed by atoms with Crippen molar-refractivity contribution in [3.05, 3.63) is 35.4 Å². The molecule has 1 aliphatic heterocycles. The molecule has 2 aromatic rings. The van der Waals surface area contributed by atoms with Gasteiger partial charge < -0.3 is 15.0 Å². The number of nitrogens with zero attached hydrogens (tertiary/aromatic N) is 4. The lowest BCUT2D eigenvalue weighted by Crippen LogP contribution is -2.49. The third kappa shape index (κ3) is 4.26. The Morgan fingerprint density at radius 1 is 1.15 bits per heavy atom. The van der Waals surface area contributed by atoms with Gasteiger partial charge in [-0.25, -0.2) is 8.42 Å². The fourth-order valence-corrected chi connectivity index (χ4v) is 4.76. The number of hydrogen-bond donors (Lipinski definition) is 1. The maximum Gasteiger partial charge on any atom is 0.246 e. The van der Waals surface area contributed by atoms with E-state index in [1.807, 2.05) is 24.0 Å². The van der Waals surface area contributed by atoms with E-state index in [1.165, 1.54) is 17.5 Å². The van der Waals surface area contributed by atoms with Crippen LogP contribution in [0.15, 0.2) is 35.2 Å². The van der Waals surface area contributed by atoms with Gasteiger partial charge in [0, 0.05) is 37.7 Å². The Kier molecular flexibility index (Phi) is 6.03. The number of piperazine rings is 1. The first-order chi connectivity index (χ1) is 13.0. The molecule has 146 valence electrons. The van der Waals surface area contributed by atoms with Crippen LogP contribution in [0.2, 0.25) is 5.02 Å². The van der Waals surface area contributed by atoms with Crippen LogP contribution in [0, 0.1) is 0 Å². The van der Waals surface area contributed by atoms with Gasteiger partial charge in [0.1, 0.15) is 16.5 Å². The van der Waals surface area contributed by atoms with Gasteiger partial charge in [-0.15, -0.1) is 10.2 Å². The van der Waals surface area contributed by atoms with Crippen molar-refractivity contribution in [1.82, 2.24) is 14.5 Å². The molecule has 1 aromatic heterocycles. The average molecular weight is 412 g/mol. The monoisotopic (exact) mass is 411 g/mol. The number of ether oxygens (including phenoxy) is 1. The Bertz CT molecular complexity index is 884.